The highest BCUT2D eigenvalue weighted by Gasteiger charge is 2.28. The number of aliphatic carboxylic acids is 1. The summed E-state index contributed by atoms with van der Waals surface area (Å²) in [5.41, 5.74) is 0. The van der Waals surface area contributed by atoms with Crippen molar-refractivity contribution in [1.82, 2.24) is 5.32 Å². The number of aliphatic hydroxyl groups is 1. The Hall–Kier alpha value is -2.56. The SMILES string of the molecule is CCCCC/C=C\C/C=C\C/C=C\C/C=C\CCCCCC(=O)OCC(O)COP(=O)(O)OCC(NC(=O)CCCCCCCCCCCCCCCCCCCCCCCC)C(=O)O. The highest BCUT2D eigenvalue weighted by Crippen LogP contribution is 2.43. The molecular weight excluding hydrogens is 842 g/mol. The predicted octanol–water partition coefficient (Wildman–Crippen LogP) is 14.5. The van der Waals surface area contributed by atoms with E-state index in [1.54, 1.807) is 0 Å². The fraction of sp³-hybridized carbons (Fsp3) is 0.792. The van der Waals surface area contributed by atoms with Crippen LogP contribution in [0.2, 0.25) is 0 Å². The zero-order chi connectivity index (χ0) is 47.7. The molecule has 1 amide bonds. The molecule has 0 spiro atoms. The Morgan fingerprint density at radius 3 is 1.29 bits per heavy atom. The third kappa shape index (κ3) is 47.7. The van der Waals surface area contributed by atoms with Gasteiger partial charge in [-0.25, -0.2) is 9.36 Å². The lowest BCUT2D eigenvalue weighted by Gasteiger charge is -2.18. The summed E-state index contributed by atoms with van der Waals surface area (Å²) < 4.78 is 26.9. The Morgan fingerprint density at radius 1 is 0.492 bits per heavy atom. The van der Waals surface area contributed by atoms with Crippen LogP contribution >= 0.6 is 7.82 Å². The van der Waals surface area contributed by atoms with Crippen LogP contribution in [0.5, 0.6) is 0 Å². The first kappa shape index (κ1) is 62.4. The van der Waals surface area contributed by atoms with E-state index in [0.717, 1.165) is 57.8 Å². The number of aliphatic hydroxyl groups excluding tert-OH is 1. The Bertz CT molecular complexity index is 1280. The van der Waals surface area contributed by atoms with Crippen LogP contribution in [0, 0.1) is 0 Å². The van der Waals surface area contributed by atoms with E-state index < -0.39 is 57.6 Å². The van der Waals surface area contributed by atoms with Gasteiger partial charge >= 0.3 is 19.8 Å². The number of rotatable bonds is 49. The number of unbranched alkanes of at least 4 members (excludes halogenated alkanes) is 27. The van der Waals surface area contributed by atoms with Gasteiger partial charge in [-0.15, -0.1) is 0 Å². The molecule has 4 N–H and O–H groups in total. The van der Waals surface area contributed by atoms with Gasteiger partial charge in [0, 0.05) is 12.8 Å². The summed E-state index contributed by atoms with van der Waals surface area (Å²) >= 11 is 0. The summed E-state index contributed by atoms with van der Waals surface area (Å²) in [4.78, 5) is 46.1. The van der Waals surface area contributed by atoms with Crippen LogP contribution in [0.1, 0.15) is 239 Å². The number of nitrogens with one attached hydrogen (secondary N) is 1. The lowest BCUT2D eigenvalue weighted by Crippen LogP contribution is -2.43. The van der Waals surface area contributed by atoms with Gasteiger partial charge in [0.15, 0.2) is 6.04 Å². The summed E-state index contributed by atoms with van der Waals surface area (Å²) in [6.07, 6.45) is 55.6. The van der Waals surface area contributed by atoms with Gasteiger partial charge in [-0.05, 0) is 57.8 Å². The monoisotopic (exact) mass is 938 g/mol. The number of allylic oxidation sites excluding steroid dienone is 8. The molecule has 0 saturated carbocycles. The molecule has 378 valence electrons. The van der Waals surface area contributed by atoms with Gasteiger partial charge in [-0.1, -0.05) is 217 Å². The number of ether oxygens (including phenoxy) is 1. The Labute approximate surface area is 396 Å². The maximum Gasteiger partial charge on any atom is 0.472 e. The van der Waals surface area contributed by atoms with Crippen LogP contribution in [0.4, 0.5) is 0 Å². The van der Waals surface area contributed by atoms with E-state index in [1.165, 1.54) is 141 Å². The molecule has 0 rings (SSSR count). The number of carboxylic acid groups (broad SMARTS) is 1. The Morgan fingerprint density at radius 2 is 0.846 bits per heavy atom. The lowest BCUT2D eigenvalue weighted by molar-refractivity contribution is -0.147. The molecule has 3 atom stereocenters. The van der Waals surface area contributed by atoms with Crippen LogP contribution in [-0.4, -0.2) is 64.9 Å². The van der Waals surface area contributed by atoms with Gasteiger partial charge in [0.1, 0.15) is 12.7 Å². The second-order valence-corrected chi connectivity index (χ2v) is 19.2. The van der Waals surface area contributed by atoms with Gasteiger partial charge in [0.2, 0.25) is 5.91 Å². The molecule has 3 unspecified atom stereocenters. The molecule has 0 bridgehead atoms. The quantitative estimate of drug-likeness (QED) is 0.0199. The molecule has 0 saturated heterocycles. The molecule has 0 fully saturated rings. The number of hydrogen-bond acceptors (Lipinski definition) is 8. The first-order valence-electron chi connectivity index (χ1n) is 26.2. The van der Waals surface area contributed by atoms with Crippen LogP contribution in [-0.2, 0) is 32.7 Å². The molecule has 11 nitrogen and oxygen atoms in total. The molecule has 0 aliphatic heterocycles. The van der Waals surface area contributed by atoms with Crippen molar-refractivity contribution in [2.24, 2.45) is 0 Å². The maximum atomic E-state index is 12.4. The topological polar surface area (TPSA) is 169 Å². The smallest absolute Gasteiger partial charge is 0.472 e. The third-order valence-corrected chi connectivity index (χ3v) is 12.3. The van der Waals surface area contributed by atoms with E-state index in [2.05, 4.69) is 67.8 Å². The van der Waals surface area contributed by atoms with E-state index in [0.29, 0.717) is 12.8 Å². The van der Waals surface area contributed by atoms with Crippen molar-refractivity contribution in [1.29, 1.82) is 0 Å². The normalized spacial score (nSPS) is 13.9. The third-order valence-electron chi connectivity index (χ3n) is 11.4. The highest BCUT2D eigenvalue weighted by molar-refractivity contribution is 7.47. The predicted molar refractivity (Wildman–Crippen MR) is 268 cm³/mol. The average Bonchev–Trinajstić information content (AvgIpc) is 3.28. The van der Waals surface area contributed by atoms with Crippen molar-refractivity contribution >= 4 is 25.7 Å². The minimum Gasteiger partial charge on any atom is -0.480 e. The maximum absolute atomic E-state index is 12.4. The number of carboxylic acids is 1. The zero-order valence-corrected chi connectivity index (χ0v) is 42.2. The highest BCUT2D eigenvalue weighted by atomic mass is 31.2. The molecule has 0 radical (unpaired) electrons. The minimum absolute atomic E-state index is 0.146. The number of amides is 1. The van der Waals surface area contributed by atoms with Gasteiger partial charge in [-0.3, -0.25) is 18.6 Å². The average molecular weight is 938 g/mol. The standard InChI is InChI=1S/C53H96NO10P/c1-3-5-7-9-11-13-15-17-19-21-23-24-25-27-28-30-32-34-36-38-40-42-44-51(56)54-50(53(58)59)48-64-65(60,61)63-47-49(55)46-62-52(57)45-43-41-39-37-35-33-31-29-26-22-20-18-16-14-12-10-8-6-4-2/h12,14,18,20,26,29,33,35,49-50,55H,3-11,13,15-17,19,21-25,27-28,30-32,34,36-48H2,1-2H3,(H,54,56)(H,58,59)(H,60,61)/b14-12-,20-18-,29-26-,35-33-. The summed E-state index contributed by atoms with van der Waals surface area (Å²) in [5.74, 6) is -2.40. The van der Waals surface area contributed by atoms with Crippen molar-refractivity contribution in [3.8, 4) is 0 Å². The summed E-state index contributed by atoms with van der Waals surface area (Å²) in [6, 6.07) is -1.55. The van der Waals surface area contributed by atoms with Crippen molar-refractivity contribution in [3.63, 3.8) is 0 Å². The van der Waals surface area contributed by atoms with Gasteiger partial charge in [0.05, 0.1) is 13.2 Å². The van der Waals surface area contributed by atoms with Crippen LogP contribution in [0.15, 0.2) is 48.6 Å². The van der Waals surface area contributed by atoms with E-state index in [9.17, 15) is 34.1 Å². The van der Waals surface area contributed by atoms with Crippen LogP contribution in [0.25, 0.3) is 0 Å². The number of carbonyl (C=O) groups excluding carboxylic acids is 2. The van der Waals surface area contributed by atoms with E-state index in [-0.39, 0.29) is 12.8 Å². The summed E-state index contributed by atoms with van der Waals surface area (Å²) in [6.45, 7) is 2.57. The van der Waals surface area contributed by atoms with Crippen molar-refractivity contribution in [2.75, 3.05) is 19.8 Å². The molecule has 0 aromatic carbocycles. The number of phosphoric acid groups is 1. The van der Waals surface area contributed by atoms with E-state index in [1.807, 2.05) is 0 Å². The van der Waals surface area contributed by atoms with Gasteiger partial charge in [0.25, 0.3) is 0 Å². The number of carbonyl (C=O) groups is 3. The molecule has 12 heteroatoms. The lowest BCUT2D eigenvalue weighted by atomic mass is 10.0. The van der Waals surface area contributed by atoms with E-state index in [4.69, 9.17) is 13.8 Å². The number of hydrogen-bond donors (Lipinski definition) is 4. The number of phosphoric ester groups is 1. The van der Waals surface area contributed by atoms with E-state index >= 15 is 0 Å². The van der Waals surface area contributed by atoms with Crippen molar-refractivity contribution in [3.05, 3.63) is 48.6 Å². The molecule has 0 aliphatic carbocycles. The van der Waals surface area contributed by atoms with Crippen LogP contribution < -0.4 is 5.32 Å². The fourth-order valence-corrected chi connectivity index (χ4v) is 8.07. The Balaban J connectivity index is 3.85. The Kier molecular flexibility index (Phi) is 46.0. The fourth-order valence-electron chi connectivity index (χ4n) is 7.30. The van der Waals surface area contributed by atoms with Crippen molar-refractivity contribution < 1.29 is 47.8 Å². The first-order valence-corrected chi connectivity index (χ1v) is 27.7. The zero-order valence-electron chi connectivity index (χ0n) is 41.3. The summed E-state index contributed by atoms with van der Waals surface area (Å²) in [5, 5.41) is 21.9. The minimum atomic E-state index is -4.77. The second kappa shape index (κ2) is 47.9. The molecule has 0 heterocycles. The van der Waals surface area contributed by atoms with Gasteiger partial charge in [-0.2, -0.15) is 0 Å². The molecular formula is C53H96NO10P. The molecule has 0 aromatic rings. The molecule has 0 aromatic heterocycles. The first-order chi connectivity index (χ1) is 31.6. The second-order valence-electron chi connectivity index (χ2n) is 17.7. The summed E-state index contributed by atoms with van der Waals surface area (Å²) in [7, 11) is -4.77. The largest absolute Gasteiger partial charge is 0.480 e. The molecule has 0 aliphatic rings. The number of esters is 1. The van der Waals surface area contributed by atoms with Gasteiger partial charge < -0.3 is 25.2 Å². The molecule has 65 heavy (non-hydrogen) atoms. The van der Waals surface area contributed by atoms with Crippen LogP contribution in [0.3, 0.4) is 0 Å². The van der Waals surface area contributed by atoms with Crippen molar-refractivity contribution in [2.45, 2.75) is 251 Å².